The summed E-state index contributed by atoms with van der Waals surface area (Å²) in [4.78, 5) is 70.4. The van der Waals surface area contributed by atoms with Crippen LogP contribution in [0.15, 0.2) is 12.1 Å². The zero-order valence-electron chi connectivity index (χ0n) is 35.7. The molecule has 0 saturated heterocycles. The summed E-state index contributed by atoms with van der Waals surface area (Å²) < 4.78 is 20.3. The van der Waals surface area contributed by atoms with E-state index < -0.39 is 24.0 Å². The minimum Gasteiger partial charge on any atom is -0.465 e. The summed E-state index contributed by atoms with van der Waals surface area (Å²) in [5, 5.41) is 3.08. The number of nitrogens with one attached hydrogen (secondary N) is 1. The van der Waals surface area contributed by atoms with Crippen molar-refractivity contribution < 1.29 is 42.9 Å². The summed E-state index contributed by atoms with van der Waals surface area (Å²) in [6.45, 7) is 10.3. The Bertz CT molecular complexity index is 1800. The van der Waals surface area contributed by atoms with Crippen LogP contribution in [0.1, 0.15) is 89.4 Å². The van der Waals surface area contributed by atoms with Crippen LogP contribution >= 0.6 is 22.7 Å². The number of methoxy groups -OCH3 is 4. The topological polar surface area (TPSA) is 144 Å². The smallest absolute Gasteiger partial charge is 0.350 e. The molecule has 13 nitrogen and oxygen atoms in total. The Labute approximate surface area is 346 Å². The molecule has 2 aromatic rings. The quantitative estimate of drug-likeness (QED) is 0.193. The van der Waals surface area contributed by atoms with Crippen LogP contribution in [0.2, 0.25) is 0 Å². The summed E-state index contributed by atoms with van der Waals surface area (Å²) in [5.74, 6) is 11.4. The van der Waals surface area contributed by atoms with Crippen molar-refractivity contribution in [3.8, 4) is 23.7 Å². The van der Waals surface area contributed by atoms with Gasteiger partial charge in [0.1, 0.15) is 21.8 Å². The summed E-state index contributed by atoms with van der Waals surface area (Å²) in [7, 11) is 12.3. The average molecular weight is 829 g/mol. The maximum absolute atomic E-state index is 13.9. The minimum absolute atomic E-state index is 0.00927. The molecule has 2 aromatic heterocycles. The second kappa shape index (κ2) is 23.7. The Hall–Kier alpha value is -4.41. The number of anilines is 2. The molecule has 0 bridgehead atoms. The number of amides is 3. The van der Waals surface area contributed by atoms with Crippen LogP contribution in [0.3, 0.4) is 0 Å². The van der Waals surface area contributed by atoms with Crippen LogP contribution in [0.25, 0.3) is 0 Å². The third-order valence-electron chi connectivity index (χ3n) is 8.78. The standard InChI is InChI=1S/C25H36N2O5S.C17H24N2O4S/c1-16(2)8-13-19-14-20(22(33-19)25(30)32-7)27(21(15-31-6)24(29)26(4)5)23(28)18-11-9-17(3)10-12-18;1-11(2)7-8-12-9-13(15(24-12)17(21)23-6)18-14(10-22-5)16(20)19(3)4/h14,16-18,21H,9-12,15H2,1-7H3;9,11,14,18H,10H2,1-6H3. The highest BCUT2D eigenvalue weighted by molar-refractivity contribution is 7.15. The maximum atomic E-state index is 13.9. The van der Waals surface area contributed by atoms with Crippen molar-refractivity contribution in [2.75, 3.05) is 80.1 Å². The lowest BCUT2D eigenvalue weighted by Crippen LogP contribution is -2.54. The molecule has 1 fully saturated rings. The van der Waals surface area contributed by atoms with Gasteiger partial charge in [-0.25, -0.2) is 9.59 Å². The van der Waals surface area contributed by atoms with E-state index in [0.29, 0.717) is 27.0 Å². The van der Waals surface area contributed by atoms with Gasteiger partial charge in [-0.3, -0.25) is 19.3 Å². The molecule has 1 N–H and O–H groups in total. The molecule has 1 aliphatic carbocycles. The molecule has 1 saturated carbocycles. The number of hydrogen-bond acceptors (Lipinski definition) is 12. The number of carbonyl (C=O) groups is 5. The number of esters is 2. The van der Waals surface area contributed by atoms with Gasteiger partial charge in [0.2, 0.25) is 17.7 Å². The second-order valence-corrected chi connectivity index (χ2v) is 16.9. The number of rotatable bonds is 13. The van der Waals surface area contributed by atoms with E-state index in [1.165, 1.54) is 65.8 Å². The van der Waals surface area contributed by atoms with Crippen LogP contribution < -0.4 is 10.2 Å². The van der Waals surface area contributed by atoms with E-state index in [-0.39, 0.29) is 53.6 Å². The van der Waals surface area contributed by atoms with Crippen molar-refractivity contribution in [1.29, 1.82) is 0 Å². The van der Waals surface area contributed by atoms with E-state index >= 15 is 0 Å². The SMILES string of the molecule is COCC(C(=O)N(C)C)N(C(=O)C1CCC(C)CC1)c1cc(C#CC(C)C)sc1C(=O)OC.COCC(Nc1cc(C#CC(C)C)sc1C(=O)OC)C(=O)N(C)C. The zero-order chi connectivity index (χ0) is 43.0. The zero-order valence-corrected chi connectivity index (χ0v) is 37.3. The first kappa shape index (κ1) is 48.7. The first-order valence-corrected chi connectivity index (χ1v) is 20.5. The van der Waals surface area contributed by atoms with Crippen molar-refractivity contribution >= 4 is 63.7 Å². The molecular formula is C42H60N4O9S2. The molecule has 2 unspecified atom stereocenters. The van der Waals surface area contributed by atoms with E-state index in [9.17, 15) is 24.0 Å². The number of nitrogens with zero attached hydrogens (tertiary/aromatic N) is 3. The fourth-order valence-corrected chi connectivity index (χ4v) is 7.62. The van der Waals surface area contributed by atoms with Crippen LogP contribution in [-0.4, -0.2) is 121 Å². The highest BCUT2D eigenvalue weighted by Crippen LogP contribution is 2.37. The summed E-state index contributed by atoms with van der Waals surface area (Å²) in [6.07, 6.45) is 3.42. The Kier molecular flexibility index (Phi) is 20.3. The monoisotopic (exact) mass is 828 g/mol. The van der Waals surface area contributed by atoms with Gasteiger partial charge in [-0.05, 0) is 43.7 Å². The fourth-order valence-electron chi connectivity index (χ4n) is 5.79. The van der Waals surface area contributed by atoms with Crippen LogP contribution in [0.5, 0.6) is 0 Å². The Morgan fingerprint density at radius 2 is 1.23 bits per heavy atom. The lowest BCUT2D eigenvalue weighted by atomic mass is 9.82. The Balaban J connectivity index is 0.000000414. The number of ether oxygens (including phenoxy) is 4. The Morgan fingerprint density at radius 3 is 1.70 bits per heavy atom. The van der Waals surface area contributed by atoms with Crippen LogP contribution in [-0.2, 0) is 33.3 Å². The number of thiophene rings is 2. The van der Waals surface area contributed by atoms with Crippen molar-refractivity contribution in [2.45, 2.75) is 72.4 Å². The number of hydrogen-bond donors (Lipinski definition) is 1. The molecule has 0 aromatic carbocycles. The molecule has 0 radical (unpaired) electrons. The van der Waals surface area contributed by atoms with Crippen molar-refractivity contribution in [3.63, 3.8) is 0 Å². The van der Waals surface area contributed by atoms with Crippen molar-refractivity contribution in [1.82, 2.24) is 9.80 Å². The van der Waals surface area contributed by atoms with Gasteiger partial charge in [0.25, 0.3) is 0 Å². The van der Waals surface area contributed by atoms with Gasteiger partial charge in [0.15, 0.2) is 0 Å². The molecule has 3 amide bonds. The molecule has 2 heterocycles. The van der Waals surface area contributed by atoms with Crippen LogP contribution in [0.4, 0.5) is 11.4 Å². The molecule has 3 rings (SSSR count). The van der Waals surface area contributed by atoms with Gasteiger partial charge in [0, 0.05) is 60.2 Å². The summed E-state index contributed by atoms with van der Waals surface area (Å²) >= 11 is 2.41. The predicted molar refractivity (Wildman–Crippen MR) is 226 cm³/mol. The summed E-state index contributed by atoms with van der Waals surface area (Å²) in [6, 6.07) is 1.98. The molecule has 1 aliphatic rings. The molecule has 0 aliphatic heterocycles. The molecular weight excluding hydrogens is 769 g/mol. The minimum atomic E-state index is -0.902. The van der Waals surface area contributed by atoms with Crippen LogP contribution in [0, 0.1) is 47.4 Å². The largest absolute Gasteiger partial charge is 0.465 e. The third-order valence-corrected chi connectivity index (χ3v) is 10.8. The average Bonchev–Trinajstić information content (AvgIpc) is 3.79. The molecule has 2 atom stereocenters. The van der Waals surface area contributed by atoms with Crippen molar-refractivity contribution in [3.05, 3.63) is 31.6 Å². The highest BCUT2D eigenvalue weighted by atomic mass is 32.1. The van der Waals surface area contributed by atoms with Gasteiger partial charge < -0.3 is 34.1 Å². The first-order valence-electron chi connectivity index (χ1n) is 18.9. The lowest BCUT2D eigenvalue weighted by molar-refractivity contribution is -0.134. The van der Waals surface area contributed by atoms with E-state index in [0.717, 1.165) is 30.6 Å². The predicted octanol–water partition coefficient (Wildman–Crippen LogP) is 5.86. The number of likely N-dealkylation sites (N-methyl/N-ethyl adjacent to an activating group) is 2. The highest BCUT2D eigenvalue weighted by Gasteiger charge is 2.39. The van der Waals surface area contributed by atoms with Gasteiger partial charge in [-0.2, -0.15) is 0 Å². The molecule has 0 spiro atoms. The normalized spacial score (nSPS) is 15.7. The van der Waals surface area contributed by atoms with E-state index in [2.05, 4.69) is 35.9 Å². The molecule has 57 heavy (non-hydrogen) atoms. The van der Waals surface area contributed by atoms with E-state index in [1.54, 1.807) is 40.3 Å². The van der Waals surface area contributed by atoms with Gasteiger partial charge in [-0.1, -0.05) is 58.3 Å². The van der Waals surface area contributed by atoms with Crippen molar-refractivity contribution in [2.24, 2.45) is 23.7 Å². The molecule has 314 valence electrons. The second-order valence-electron chi connectivity index (χ2n) is 14.8. The third kappa shape index (κ3) is 14.5. The van der Waals surface area contributed by atoms with Gasteiger partial charge >= 0.3 is 11.9 Å². The molecule has 15 heteroatoms. The van der Waals surface area contributed by atoms with Gasteiger partial charge in [-0.15, -0.1) is 22.7 Å². The maximum Gasteiger partial charge on any atom is 0.350 e. The van der Waals surface area contributed by atoms with Gasteiger partial charge in [0.05, 0.1) is 48.6 Å². The van der Waals surface area contributed by atoms with E-state index in [1.807, 2.05) is 27.7 Å². The fraction of sp³-hybridized carbons (Fsp3) is 0.595. The van der Waals surface area contributed by atoms with E-state index in [4.69, 9.17) is 18.9 Å². The lowest BCUT2D eigenvalue weighted by Gasteiger charge is -2.36. The summed E-state index contributed by atoms with van der Waals surface area (Å²) in [5.41, 5.74) is 0.887. The first-order chi connectivity index (χ1) is 26.9. The Morgan fingerprint density at radius 1 is 0.737 bits per heavy atom. The number of carbonyl (C=O) groups excluding carboxylic acids is 5.